The van der Waals surface area contributed by atoms with Gasteiger partial charge in [0.05, 0.1) is 5.56 Å². The van der Waals surface area contributed by atoms with Crippen LogP contribution in [0.25, 0.3) is 0 Å². The topological polar surface area (TPSA) is 20.2 Å². The minimum Gasteiger partial charge on any atom is -0.508 e. The number of aryl methyl sites for hydroxylation is 2. The molecule has 0 saturated carbocycles. The van der Waals surface area contributed by atoms with E-state index in [4.69, 9.17) is 0 Å². The lowest BCUT2D eigenvalue weighted by Gasteiger charge is -2.32. The van der Waals surface area contributed by atoms with Gasteiger partial charge in [-0.05, 0) is 43.3 Å². The van der Waals surface area contributed by atoms with Crippen molar-refractivity contribution in [2.45, 2.75) is 45.4 Å². The molecule has 1 nitrogen and oxygen atoms in total. The molecule has 0 aliphatic carbocycles. The Hall–Kier alpha value is -1.54. The first-order chi connectivity index (χ1) is 11.1. The van der Waals surface area contributed by atoms with Crippen LogP contribution in [-0.2, 0) is 11.3 Å². The first-order valence-electron chi connectivity index (χ1n) is 7.83. The molecule has 5 heteroatoms. The molecule has 2 unspecified atom stereocenters. The number of aromatic hydroxyl groups is 1. The minimum absolute atomic E-state index is 0.0901. The van der Waals surface area contributed by atoms with Gasteiger partial charge in [0.25, 0.3) is 0 Å². The van der Waals surface area contributed by atoms with Crippen LogP contribution in [0.3, 0.4) is 0 Å². The van der Waals surface area contributed by atoms with Gasteiger partial charge in [-0.3, -0.25) is 0 Å². The predicted molar refractivity (Wildman–Crippen MR) is 94.6 cm³/mol. The third kappa shape index (κ3) is 3.75. The van der Waals surface area contributed by atoms with Gasteiger partial charge in [0, 0.05) is 10.7 Å². The number of phenols is 1. The minimum atomic E-state index is -4.38. The highest BCUT2D eigenvalue weighted by atomic mass is 31.1. The van der Waals surface area contributed by atoms with Gasteiger partial charge < -0.3 is 5.11 Å². The maximum Gasteiger partial charge on any atom is 0.417 e. The number of phenolic OH excluding ortho intramolecular Hbond substituents is 1. The molecule has 2 atom stereocenters. The third-order valence-electron chi connectivity index (χ3n) is 4.43. The van der Waals surface area contributed by atoms with E-state index in [9.17, 15) is 18.3 Å². The molecule has 24 heavy (non-hydrogen) atoms. The summed E-state index contributed by atoms with van der Waals surface area (Å²) in [6, 6.07) is 9.58. The van der Waals surface area contributed by atoms with E-state index in [0.29, 0.717) is 22.9 Å². The lowest BCUT2D eigenvalue weighted by molar-refractivity contribution is -0.136. The van der Waals surface area contributed by atoms with Crippen LogP contribution in [0.5, 0.6) is 5.75 Å². The van der Waals surface area contributed by atoms with Crippen molar-refractivity contribution in [1.29, 1.82) is 0 Å². The van der Waals surface area contributed by atoms with Crippen molar-refractivity contribution >= 4 is 13.9 Å². The second-order valence-corrected chi connectivity index (χ2v) is 8.18. The van der Waals surface area contributed by atoms with E-state index in [1.54, 1.807) is 25.1 Å². The summed E-state index contributed by atoms with van der Waals surface area (Å²) < 4.78 is 40.2. The summed E-state index contributed by atoms with van der Waals surface area (Å²) in [5.41, 5.74) is 1.75. The first-order valence-corrected chi connectivity index (χ1v) is 8.83. The van der Waals surface area contributed by atoms with Crippen molar-refractivity contribution in [3.63, 3.8) is 0 Å². The summed E-state index contributed by atoms with van der Waals surface area (Å²) in [5, 5.41) is 10.0. The quantitative estimate of drug-likeness (QED) is 0.703. The molecule has 0 fully saturated rings. The molecule has 2 aromatic rings. The second-order valence-electron chi connectivity index (χ2n) is 6.33. The van der Waals surface area contributed by atoms with Crippen molar-refractivity contribution in [1.82, 2.24) is 0 Å². The van der Waals surface area contributed by atoms with Gasteiger partial charge in [-0.2, -0.15) is 13.2 Å². The smallest absolute Gasteiger partial charge is 0.417 e. The van der Waals surface area contributed by atoms with Crippen LogP contribution >= 0.6 is 8.58 Å². The Kier molecular flexibility index (Phi) is 5.29. The van der Waals surface area contributed by atoms with Gasteiger partial charge in [0.1, 0.15) is 5.75 Å². The van der Waals surface area contributed by atoms with Crippen LogP contribution in [-0.4, -0.2) is 5.11 Å². The van der Waals surface area contributed by atoms with Crippen molar-refractivity contribution in [2.24, 2.45) is 0 Å². The van der Waals surface area contributed by atoms with E-state index in [2.05, 4.69) is 0 Å². The Bertz CT molecular complexity index is 740. The molecule has 130 valence electrons. The second kappa shape index (κ2) is 6.76. The fourth-order valence-electron chi connectivity index (χ4n) is 2.78. The standard InChI is InChI=1S/C19H22F3OP/c1-5-18(4,15-11-12(2)9-10-16(15)23)24-17-13(3)7-6-8-14(17)19(20,21)22/h6-11,23-24H,5H2,1-4H3. The molecular weight excluding hydrogens is 332 g/mol. The molecule has 0 heterocycles. The average molecular weight is 354 g/mol. The monoisotopic (exact) mass is 354 g/mol. The molecule has 0 radical (unpaired) electrons. The molecule has 0 aliphatic heterocycles. The van der Waals surface area contributed by atoms with Gasteiger partial charge in [0.15, 0.2) is 0 Å². The zero-order valence-corrected chi connectivity index (χ0v) is 15.3. The number of alkyl halides is 3. The van der Waals surface area contributed by atoms with Crippen LogP contribution in [0.4, 0.5) is 13.2 Å². The zero-order chi connectivity index (χ0) is 18.1. The number of hydrogen-bond acceptors (Lipinski definition) is 1. The summed E-state index contributed by atoms with van der Waals surface area (Å²) in [6.45, 7) is 7.49. The van der Waals surface area contributed by atoms with E-state index in [0.717, 1.165) is 11.6 Å². The predicted octanol–water partition coefficient (Wildman–Crippen LogP) is 5.66. The fourth-order valence-corrected chi connectivity index (χ4v) is 4.49. The van der Waals surface area contributed by atoms with Gasteiger partial charge in [-0.15, -0.1) is 0 Å². The van der Waals surface area contributed by atoms with Crippen molar-refractivity contribution in [3.8, 4) is 5.75 Å². The molecule has 0 bridgehead atoms. The van der Waals surface area contributed by atoms with Crippen molar-refractivity contribution in [3.05, 3.63) is 58.7 Å². The molecule has 0 aliphatic rings. The van der Waals surface area contributed by atoms with E-state index in [-0.39, 0.29) is 14.3 Å². The Morgan fingerprint density at radius 1 is 1.04 bits per heavy atom. The van der Waals surface area contributed by atoms with Gasteiger partial charge >= 0.3 is 6.18 Å². The molecule has 0 amide bonds. The summed E-state index contributed by atoms with van der Waals surface area (Å²) in [4.78, 5) is 0. The van der Waals surface area contributed by atoms with E-state index in [1.165, 1.54) is 6.07 Å². The van der Waals surface area contributed by atoms with E-state index >= 15 is 0 Å². The van der Waals surface area contributed by atoms with Gasteiger partial charge in [0.2, 0.25) is 0 Å². The van der Waals surface area contributed by atoms with Crippen LogP contribution in [0.2, 0.25) is 0 Å². The molecule has 0 spiro atoms. The number of rotatable bonds is 4. The first kappa shape index (κ1) is 18.8. The molecule has 0 saturated heterocycles. The van der Waals surface area contributed by atoms with Crippen molar-refractivity contribution < 1.29 is 18.3 Å². The van der Waals surface area contributed by atoms with Crippen LogP contribution in [0, 0.1) is 13.8 Å². The third-order valence-corrected chi connectivity index (χ3v) is 6.52. The van der Waals surface area contributed by atoms with Crippen LogP contribution in [0.1, 0.15) is 42.5 Å². The fraction of sp³-hybridized carbons (Fsp3) is 0.368. The molecule has 0 aromatic heterocycles. The average Bonchev–Trinajstić information content (AvgIpc) is 2.50. The normalized spacial score (nSPS) is 15.0. The maximum absolute atomic E-state index is 13.4. The number of benzene rings is 2. The van der Waals surface area contributed by atoms with Crippen molar-refractivity contribution in [2.75, 3.05) is 0 Å². The summed E-state index contributed by atoms with van der Waals surface area (Å²) in [5.74, 6) is 0.139. The summed E-state index contributed by atoms with van der Waals surface area (Å²) >= 11 is 0. The Labute approximate surface area is 142 Å². The Balaban J connectivity index is 2.57. The van der Waals surface area contributed by atoms with Gasteiger partial charge in [-0.25, -0.2) is 0 Å². The lowest BCUT2D eigenvalue weighted by Crippen LogP contribution is -2.25. The number of hydrogen-bond donors (Lipinski definition) is 1. The van der Waals surface area contributed by atoms with E-state index in [1.807, 2.05) is 26.8 Å². The molecular formula is C19H22F3OP. The maximum atomic E-state index is 13.4. The zero-order valence-electron chi connectivity index (χ0n) is 14.3. The lowest BCUT2D eigenvalue weighted by atomic mass is 9.95. The summed E-state index contributed by atoms with van der Waals surface area (Å²) in [7, 11) is -0.0901. The largest absolute Gasteiger partial charge is 0.508 e. The highest BCUT2D eigenvalue weighted by molar-refractivity contribution is 7.48. The highest BCUT2D eigenvalue weighted by Crippen LogP contribution is 2.49. The Morgan fingerprint density at radius 2 is 1.71 bits per heavy atom. The molecule has 1 N–H and O–H groups in total. The van der Waals surface area contributed by atoms with Crippen LogP contribution in [0.15, 0.2) is 36.4 Å². The number of halogens is 3. The molecule has 2 aromatic carbocycles. The van der Waals surface area contributed by atoms with Gasteiger partial charge in [-0.1, -0.05) is 52.3 Å². The SMILES string of the molecule is CCC(C)(Pc1c(C)cccc1C(F)(F)F)c1cc(C)ccc1O. The summed E-state index contributed by atoms with van der Waals surface area (Å²) in [6.07, 6.45) is -3.74. The highest BCUT2D eigenvalue weighted by Gasteiger charge is 2.37. The molecule has 2 rings (SSSR count). The Morgan fingerprint density at radius 3 is 2.29 bits per heavy atom. The van der Waals surface area contributed by atoms with E-state index < -0.39 is 16.9 Å². The van der Waals surface area contributed by atoms with Crippen LogP contribution < -0.4 is 5.30 Å².